The van der Waals surface area contributed by atoms with E-state index in [9.17, 15) is 9.18 Å². The van der Waals surface area contributed by atoms with Gasteiger partial charge in [0, 0.05) is 17.7 Å². The predicted molar refractivity (Wildman–Crippen MR) is 99.8 cm³/mol. The molecule has 0 aromatic heterocycles. The molecule has 0 bridgehead atoms. The van der Waals surface area contributed by atoms with Gasteiger partial charge < -0.3 is 15.8 Å². The van der Waals surface area contributed by atoms with Gasteiger partial charge in [0.25, 0.3) is 5.91 Å². The molecule has 2 aromatic rings. The summed E-state index contributed by atoms with van der Waals surface area (Å²) in [6, 6.07) is 15.1. The van der Waals surface area contributed by atoms with Crippen molar-refractivity contribution in [2.75, 3.05) is 13.2 Å². The molecule has 26 heavy (non-hydrogen) atoms. The summed E-state index contributed by atoms with van der Waals surface area (Å²) < 4.78 is 17.9. The third-order valence-electron chi connectivity index (χ3n) is 4.63. The van der Waals surface area contributed by atoms with Crippen LogP contribution in [0.1, 0.15) is 40.4 Å². The molecular formula is C21H23FN2O2. The van der Waals surface area contributed by atoms with Crippen LogP contribution in [-0.4, -0.2) is 19.1 Å². The van der Waals surface area contributed by atoms with Crippen molar-refractivity contribution in [1.82, 2.24) is 5.32 Å². The molecule has 0 saturated heterocycles. The number of fused-ring (bicyclic) bond motifs is 1. The van der Waals surface area contributed by atoms with Gasteiger partial charge in [0.1, 0.15) is 12.4 Å². The minimum Gasteiger partial charge on any atom is -0.489 e. The number of ether oxygens (including phenoxy) is 1. The molecule has 136 valence electrons. The van der Waals surface area contributed by atoms with Crippen LogP contribution in [-0.2, 0) is 6.42 Å². The van der Waals surface area contributed by atoms with Crippen LogP contribution in [0.2, 0.25) is 0 Å². The second-order valence-corrected chi connectivity index (χ2v) is 6.40. The SMILES string of the molecule is NCC(=CF)COc1ccc(C(=O)N[C@H]2CCCc3ccccc32)cc1. The molecule has 5 heteroatoms. The zero-order valence-corrected chi connectivity index (χ0v) is 14.6. The lowest BCUT2D eigenvalue weighted by molar-refractivity contribution is 0.0932. The molecule has 0 unspecified atom stereocenters. The van der Waals surface area contributed by atoms with Gasteiger partial charge in [-0.1, -0.05) is 24.3 Å². The van der Waals surface area contributed by atoms with Crippen molar-refractivity contribution in [2.24, 2.45) is 5.73 Å². The fourth-order valence-electron chi connectivity index (χ4n) is 3.16. The Kier molecular flexibility index (Phi) is 6.02. The highest BCUT2D eigenvalue weighted by Crippen LogP contribution is 2.29. The summed E-state index contributed by atoms with van der Waals surface area (Å²) in [5.74, 6) is 0.460. The molecule has 1 atom stereocenters. The van der Waals surface area contributed by atoms with Gasteiger partial charge in [0.05, 0.1) is 12.4 Å². The van der Waals surface area contributed by atoms with Crippen LogP contribution in [0.3, 0.4) is 0 Å². The number of carbonyl (C=O) groups is 1. The molecule has 1 aliphatic carbocycles. The molecule has 4 nitrogen and oxygen atoms in total. The van der Waals surface area contributed by atoms with E-state index in [2.05, 4.69) is 17.4 Å². The van der Waals surface area contributed by atoms with Crippen molar-refractivity contribution in [3.05, 3.63) is 77.1 Å². The minimum atomic E-state index is -0.107. The quantitative estimate of drug-likeness (QED) is 0.832. The largest absolute Gasteiger partial charge is 0.489 e. The standard InChI is InChI=1S/C21H23FN2O2/c22-12-15(13-23)14-26-18-10-8-17(9-11-18)21(25)24-20-7-3-5-16-4-1-2-6-19(16)20/h1-2,4,6,8-12,20H,3,5,7,13-14,23H2,(H,24,25)/t20-/m0/s1. The zero-order valence-electron chi connectivity index (χ0n) is 14.6. The summed E-state index contributed by atoms with van der Waals surface area (Å²) in [6.45, 7) is 0.206. The Morgan fingerprint density at radius 2 is 2.00 bits per heavy atom. The Bertz CT molecular complexity index is 787. The summed E-state index contributed by atoms with van der Waals surface area (Å²) in [5.41, 5.74) is 8.86. The number of halogens is 1. The molecule has 2 aromatic carbocycles. The van der Waals surface area contributed by atoms with E-state index in [1.54, 1.807) is 24.3 Å². The summed E-state index contributed by atoms with van der Waals surface area (Å²) >= 11 is 0. The fraction of sp³-hybridized carbons (Fsp3) is 0.286. The van der Waals surface area contributed by atoms with Crippen LogP contribution in [0, 0.1) is 0 Å². The van der Waals surface area contributed by atoms with Crippen LogP contribution >= 0.6 is 0 Å². The van der Waals surface area contributed by atoms with Crippen LogP contribution in [0.25, 0.3) is 0 Å². The second kappa shape index (κ2) is 8.63. The number of hydrogen-bond acceptors (Lipinski definition) is 3. The van der Waals surface area contributed by atoms with E-state index in [-0.39, 0.29) is 25.1 Å². The highest BCUT2D eigenvalue weighted by molar-refractivity contribution is 5.94. The van der Waals surface area contributed by atoms with Crippen molar-refractivity contribution in [2.45, 2.75) is 25.3 Å². The maximum atomic E-state index is 12.6. The molecule has 3 rings (SSSR count). The van der Waals surface area contributed by atoms with Crippen LogP contribution in [0.4, 0.5) is 4.39 Å². The van der Waals surface area contributed by atoms with Gasteiger partial charge in [-0.05, 0) is 54.7 Å². The average Bonchev–Trinajstić information content (AvgIpc) is 2.69. The fourth-order valence-corrected chi connectivity index (χ4v) is 3.16. The Labute approximate surface area is 152 Å². The van der Waals surface area contributed by atoms with E-state index in [1.165, 1.54) is 11.1 Å². The maximum absolute atomic E-state index is 12.6. The Balaban J connectivity index is 1.62. The van der Waals surface area contributed by atoms with Gasteiger partial charge in [-0.15, -0.1) is 0 Å². The van der Waals surface area contributed by atoms with Gasteiger partial charge in [-0.3, -0.25) is 4.79 Å². The molecule has 0 spiro atoms. The topological polar surface area (TPSA) is 64.3 Å². The van der Waals surface area contributed by atoms with Crippen molar-refractivity contribution < 1.29 is 13.9 Å². The first-order valence-corrected chi connectivity index (χ1v) is 8.81. The van der Waals surface area contributed by atoms with Crippen LogP contribution < -0.4 is 15.8 Å². The third kappa shape index (κ3) is 4.29. The van der Waals surface area contributed by atoms with Gasteiger partial charge >= 0.3 is 0 Å². The number of rotatable bonds is 6. The van der Waals surface area contributed by atoms with Gasteiger partial charge in [0.2, 0.25) is 0 Å². The monoisotopic (exact) mass is 354 g/mol. The zero-order chi connectivity index (χ0) is 18.4. The number of benzene rings is 2. The molecule has 0 fully saturated rings. The van der Waals surface area contributed by atoms with Crippen molar-refractivity contribution in [1.29, 1.82) is 0 Å². The second-order valence-electron chi connectivity index (χ2n) is 6.40. The average molecular weight is 354 g/mol. The van der Waals surface area contributed by atoms with Crippen molar-refractivity contribution in [3.8, 4) is 5.75 Å². The van der Waals surface area contributed by atoms with Gasteiger partial charge in [-0.2, -0.15) is 0 Å². The number of carbonyl (C=O) groups excluding carboxylic acids is 1. The highest BCUT2D eigenvalue weighted by Gasteiger charge is 2.21. The van der Waals surface area contributed by atoms with Crippen molar-refractivity contribution >= 4 is 5.91 Å². The number of hydrogen-bond donors (Lipinski definition) is 2. The van der Waals surface area contributed by atoms with E-state index in [1.807, 2.05) is 12.1 Å². The van der Waals surface area contributed by atoms with Crippen molar-refractivity contribution in [3.63, 3.8) is 0 Å². The molecule has 1 aliphatic rings. The van der Waals surface area contributed by atoms with E-state index >= 15 is 0 Å². The highest BCUT2D eigenvalue weighted by atomic mass is 19.1. The molecule has 1 amide bonds. The van der Waals surface area contributed by atoms with E-state index in [0.29, 0.717) is 23.2 Å². The summed E-state index contributed by atoms with van der Waals surface area (Å²) in [4.78, 5) is 12.6. The summed E-state index contributed by atoms with van der Waals surface area (Å²) in [6.07, 6.45) is 3.54. The lowest BCUT2D eigenvalue weighted by atomic mass is 9.87. The number of amides is 1. The van der Waals surface area contributed by atoms with Gasteiger partial charge in [-0.25, -0.2) is 4.39 Å². The first-order chi connectivity index (χ1) is 12.7. The summed E-state index contributed by atoms with van der Waals surface area (Å²) in [5, 5.41) is 3.12. The van der Waals surface area contributed by atoms with Crippen LogP contribution in [0.5, 0.6) is 5.75 Å². The number of nitrogens with one attached hydrogen (secondary N) is 1. The van der Waals surface area contributed by atoms with Gasteiger partial charge in [0.15, 0.2) is 0 Å². The molecule has 0 saturated carbocycles. The lowest BCUT2D eigenvalue weighted by Gasteiger charge is -2.26. The predicted octanol–water partition coefficient (Wildman–Crippen LogP) is 3.68. The van der Waals surface area contributed by atoms with E-state index < -0.39 is 0 Å². The first-order valence-electron chi connectivity index (χ1n) is 8.81. The normalized spacial score (nSPS) is 16.7. The summed E-state index contributed by atoms with van der Waals surface area (Å²) in [7, 11) is 0. The molecule has 3 N–H and O–H groups in total. The molecule has 0 aliphatic heterocycles. The molecular weight excluding hydrogens is 331 g/mol. The minimum absolute atomic E-state index is 0.0465. The smallest absolute Gasteiger partial charge is 0.251 e. The molecule has 0 heterocycles. The van der Waals surface area contributed by atoms with E-state index in [0.717, 1.165) is 19.3 Å². The van der Waals surface area contributed by atoms with E-state index in [4.69, 9.17) is 10.5 Å². The maximum Gasteiger partial charge on any atom is 0.251 e. The Morgan fingerprint density at radius 1 is 1.23 bits per heavy atom. The number of aryl methyl sites for hydroxylation is 1. The lowest BCUT2D eigenvalue weighted by Crippen LogP contribution is -2.30. The number of nitrogens with two attached hydrogens (primary N) is 1. The third-order valence-corrected chi connectivity index (χ3v) is 4.63. The molecule has 0 radical (unpaired) electrons. The Hall–Kier alpha value is -2.66. The first kappa shape index (κ1) is 18.1. The van der Waals surface area contributed by atoms with Crippen LogP contribution in [0.15, 0.2) is 60.4 Å². The Morgan fingerprint density at radius 3 is 2.73 bits per heavy atom.